The summed E-state index contributed by atoms with van der Waals surface area (Å²) in [5.74, 6) is -0.551. The Hall–Kier alpha value is -1.26. The van der Waals surface area contributed by atoms with Gasteiger partial charge in [0.2, 0.25) is 0 Å². The van der Waals surface area contributed by atoms with Crippen LogP contribution in [0.5, 0.6) is 5.75 Å². The number of rotatable bonds is 5. The minimum atomic E-state index is -3.23. The molecule has 0 radical (unpaired) electrons. The molecule has 0 atom stereocenters. The molecule has 0 heterocycles. The van der Waals surface area contributed by atoms with Crippen molar-refractivity contribution in [2.75, 3.05) is 0 Å². The van der Waals surface area contributed by atoms with Gasteiger partial charge in [0.05, 0.1) is 0 Å². The Bertz CT molecular complexity index is 565. The lowest BCUT2D eigenvalue weighted by molar-refractivity contribution is -0.0546. The molecule has 0 unspecified atom stereocenters. The Morgan fingerprint density at radius 3 is 1.85 bits per heavy atom. The van der Waals surface area contributed by atoms with Crippen LogP contribution in [0.2, 0.25) is 0 Å². The summed E-state index contributed by atoms with van der Waals surface area (Å²) in [4.78, 5) is 0. The highest BCUT2D eigenvalue weighted by molar-refractivity contribution is 5.33. The highest BCUT2D eigenvalue weighted by Gasteiger charge is 2.31. The van der Waals surface area contributed by atoms with Gasteiger partial charge in [-0.1, -0.05) is 26.2 Å². The predicted octanol–water partition coefficient (Wildman–Crippen LogP) is 7.06. The third kappa shape index (κ3) is 4.52. The zero-order valence-corrected chi connectivity index (χ0v) is 15.3. The first-order chi connectivity index (χ1) is 12.5. The van der Waals surface area contributed by atoms with Gasteiger partial charge in [0.1, 0.15) is 0 Å². The molecule has 2 aliphatic rings. The van der Waals surface area contributed by atoms with E-state index in [1.165, 1.54) is 32.1 Å². The Morgan fingerprint density at radius 2 is 1.38 bits per heavy atom. The molecule has 2 aliphatic carbocycles. The molecule has 0 amide bonds. The summed E-state index contributed by atoms with van der Waals surface area (Å²) in [6, 6.07) is 2.33. The molecular formula is C21H28F4O. The van der Waals surface area contributed by atoms with E-state index < -0.39 is 24.0 Å². The molecule has 1 aromatic rings. The Kier molecular flexibility index (Phi) is 6.46. The van der Waals surface area contributed by atoms with Gasteiger partial charge < -0.3 is 4.74 Å². The molecular weight excluding hydrogens is 344 g/mol. The Morgan fingerprint density at radius 1 is 0.885 bits per heavy atom. The number of hydrogen-bond donors (Lipinski definition) is 0. The lowest BCUT2D eigenvalue weighted by atomic mass is 9.68. The monoisotopic (exact) mass is 372 g/mol. The van der Waals surface area contributed by atoms with Crippen LogP contribution < -0.4 is 4.74 Å². The minimum absolute atomic E-state index is 0.0998. The maximum absolute atomic E-state index is 14.0. The number of benzene rings is 1. The zero-order valence-electron chi connectivity index (χ0n) is 15.3. The molecule has 0 saturated heterocycles. The number of ether oxygens (including phenoxy) is 1. The summed E-state index contributed by atoms with van der Waals surface area (Å²) >= 11 is 0. The molecule has 3 rings (SSSR count). The fraction of sp³-hybridized carbons (Fsp3) is 0.714. The fourth-order valence-electron chi connectivity index (χ4n) is 5.01. The van der Waals surface area contributed by atoms with Gasteiger partial charge in [-0.3, -0.25) is 0 Å². The summed E-state index contributed by atoms with van der Waals surface area (Å²) in [5, 5.41) is 0. The second-order valence-corrected chi connectivity index (χ2v) is 7.99. The molecule has 2 fully saturated rings. The van der Waals surface area contributed by atoms with Crippen molar-refractivity contribution in [1.82, 2.24) is 0 Å². The van der Waals surface area contributed by atoms with Crippen molar-refractivity contribution in [2.45, 2.75) is 77.2 Å². The van der Waals surface area contributed by atoms with Crippen LogP contribution in [0.15, 0.2) is 12.1 Å². The fourth-order valence-corrected chi connectivity index (χ4v) is 5.01. The number of halogens is 4. The standard InChI is InChI=1S/C21H28F4O/c1-2-13-3-5-14(6-4-13)15-7-9-16(10-8-15)17-11-18(22)20(19(23)12-17)26-21(24)25/h11-16,21H,2-10H2,1H3/t13-,14-,15?,16?. The van der Waals surface area contributed by atoms with Crippen LogP contribution in [-0.4, -0.2) is 6.61 Å². The van der Waals surface area contributed by atoms with Crippen LogP contribution in [0.25, 0.3) is 0 Å². The van der Waals surface area contributed by atoms with Gasteiger partial charge in [0.25, 0.3) is 0 Å². The molecule has 0 N–H and O–H groups in total. The topological polar surface area (TPSA) is 9.23 Å². The van der Waals surface area contributed by atoms with E-state index >= 15 is 0 Å². The summed E-state index contributed by atoms with van der Waals surface area (Å²) in [6.07, 6.45) is 10.6. The van der Waals surface area contributed by atoms with Gasteiger partial charge in [-0.2, -0.15) is 8.78 Å². The Balaban J connectivity index is 1.58. The number of alkyl halides is 2. The average Bonchev–Trinajstić information content (AvgIpc) is 2.64. The molecule has 1 nitrogen and oxygen atoms in total. The van der Waals surface area contributed by atoms with Gasteiger partial charge in [0.15, 0.2) is 17.4 Å². The Labute approximate surface area is 153 Å². The third-order valence-corrected chi connectivity index (χ3v) is 6.61. The van der Waals surface area contributed by atoms with Crippen molar-refractivity contribution in [2.24, 2.45) is 17.8 Å². The van der Waals surface area contributed by atoms with E-state index in [1.807, 2.05) is 0 Å². The van der Waals surface area contributed by atoms with Crippen LogP contribution in [0, 0.1) is 29.4 Å². The average molecular weight is 372 g/mol. The molecule has 2 saturated carbocycles. The number of hydrogen-bond acceptors (Lipinski definition) is 1. The van der Waals surface area contributed by atoms with Crippen molar-refractivity contribution in [1.29, 1.82) is 0 Å². The summed E-state index contributed by atoms with van der Waals surface area (Å²) in [6.45, 7) is -0.963. The van der Waals surface area contributed by atoms with Gasteiger partial charge >= 0.3 is 6.61 Å². The second-order valence-electron chi connectivity index (χ2n) is 7.99. The minimum Gasteiger partial charge on any atom is -0.429 e. The van der Waals surface area contributed by atoms with E-state index in [0.717, 1.165) is 55.6 Å². The van der Waals surface area contributed by atoms with Crippen LogP contribution in [0.1, 0.15) is 76.2 Å². The van der Waals surface area contributed by atoms with Crippen molar-refractivity contribution >= 4 is 0 Å². The smallest absolute Gasteiger partial charge is 0.387 e. The summed E-state index contributed by atoms with van der Waals surface area (Å²) in [7, 11) is 0. The highest BCUT2D eigenvalue weighted by atomic mass is 19.3. The SMILES string of the molecule is CC[C@H]1CC[C@H](C2CCC(c3cc(F)c(OC(F)F)c(F)c3)CC2)CC1. The molecule has 0 aliphatic heterocycles. The third-order valence-electron chi connectivity index (χ3n) is 6.61. The molecule has 5 heteroatoms. The maximum atomic E-state index is 14.0. The van der Waals surface area contributed by atoms with Gasteiger partial charge in [0, 0.05) is 0 Å². The summed E-state index contributed by atoms with van der Waals surface area (Å²) < 4.78 is 56.4. The predicted molar refractivity (Wildman–Crippen MR) is 93.4 cm³/mol. The molecule has 1 aromatic carbocycles. The first kappa shape index (κ1) is 19.5. The molecule has 0 spiro atoms. The van der Waals surface area contributed by atoms with E-state index in [4.69, 9.17) is 0 Å². The normalized spacial score (nSPS) is 29.8. The maximum Gasteiger partial charge on any atom is 0.387 e. The van der Waals surface area contributed by atoms with Crippen molar-refractivity contribution in [3.63, 3.8) is 0 Å². The largest absolute Gasteiger partial charge is 0.429 e. The van der Waals surface area contributed by atoms with E-state index in [1.54, 1.807) is 0 Å². The van der Waals surface area contributed by atoms with Gasteiger partial charge in [-0.15, -0.1) is 0 Å². The molecule has 0 bridgehead atoms. The quantitative estimate of drug-likeness (QED) is 0.503. The van der Waals surface area contributed by atoms with E-state index in [-0.39, 0.29) is 5.92 Å². The molecule has 0 aromatic heterocycles. The van der Waals surface area contributed by atoms with E-state index in [9.17, 15) is 17.6 Å². The van der Waals surface area contributed by atoms with Crippen molar-refractivity contribution < 1.29 is 22.3 Å². The molecule has 26 heavy (non-hydrogen) atoms. The van der Waals surface area contributed by atoms with Crippen molar-refractivity contribution in [3.8, 4) is 5.75 Å². The second kappa shape index (κ2) is 8.62. The van der Waals surface area contributed by atoms with Crippen molar-refractivity contribution in [3.05, 3.63) is 29.3 Å². The first-order valence-electron chi connectivity index (χ1n) is 9.91. The molecule has 146 valence electrons. The van der Waals surface area contributed by atoms with E-state index in [0.29, 0.717) is 5.56 Å². The van der Waals surface area contributed by atoms with Crippen LogP contribution in [0.3, 0.4) is 0 Å². The van der Waals surface area contributed by atoms with Crippen LogP contribution in [0.4, 0.5) is 17.6 Å². The zero-order chi connectivity index (χ0) is 18.7. The van der Waals surface area contributed by atoms with Crippen LogP contribution in [-0.2, 0) is 0 Å². The lowest BCUT2D eigenvalue weighted by Crippen LogP contribution is -2.25. The van der Waals surface area contributed by atoms with Gasteiger partial charge in [-0.25, -0.2) is 8.78 Å². The lowest BCUT2D eigenvalue weighted by Gasteiger charge is -2.38. The van der Waals surface area contributed by atoms with Crippen LogP contribution >= 0.6 is 0 Å². The van der Waals surface area contributed by atoms with Gasteiger partial charge in [-0.05, 0) is 79.9 Å². The first-order valence-corrected chi connectivity index (χ1v) is 9.91. The highest BCUT2D eigenvalue weighted by Crippen LogP contribution is 2.44. The van der Waals surface area contributed by atoms with E-state index in [2.05, 4.69) is 11.7 Å². The summed E-state index contributed by atoms with van der Waals surface area (Å²) in [5.41, 5.74) is 0.565.